The van der Waals surface area contributed by atoms with E-state index in [0.717, 1.165) is 24.0 Å². The zero-order valence-corrected chi connectivity index (χ0v) is 11.6. The molecule has 1 aromatic heterocycles. The highest BCUT2D eigenvalue weighted by Crippen LogP contribution is 2.27. The largest absolute Gasteiger partial charge is 0.308 e. The molecule has 19 heavy (non-hydrogen) atoms. The highest BCUT2D eigenvalue weighted by molar-refractivity contribution is 7.14. The van der Waals surface area contributed by atoms with Crippen LogP contribution in [-0.4, -0.2) is 16.7 Å². The van der Waals surface area contributed by atoms with E-state index in [-0.39, 0.29) is 6.04 Å². The fraction of sp³-hybridized carbons (Fsp3) is 0.385. The molecule has 0 aliphatic heterocycles. The second-order valence-electron chi connectivity index (χ2n) is 4.28. The fourth-order valence-corrected chi connectivity index (χ4v) is 2.51. The molecule has 3 nitrogen and oxygen atoms in total. The van der Waals surface area contributed by atoms with Crippen LogP contribution in [0, 0.1) is 11.6 Å². The minimum atomic E-state index is -0.607. The number of halogens is 2. The molecule has 2 aromatic rings. The maximum atomic E-state index is 13.1. The summed E-state index contributed by atoms with van der Waals surface area (Å²) in [6.45, 7) is 4.97. The van der Waals surface area contributed by atoms with Crippen molar-refractivity contribution in [3.8, 4) is 10.6 Å². The second kappa shape index (κ2) is 6.16. The molecule has 2 rings (SSSR count). The Hall–Kier alpha value is -1.40. The quantitative estimate of drug-likeness (QED) is 0.912. The summed E-state index contributed by atoms with van der Waals surface area (Å²) in [7, 11) is 0. The molecule has 1 heterocycles. The molecule has 0 saturated heterocycles. The van der Waals surface area contributed by atoms with Crippen LogP contribution in [0.4, 0.5) is 8.78 Å². The highest BCUT2D eigenvalue weighted by atomic mass is 32.1. The van der Waals surface area contributed by atoms with E-state index in [4.69, 9.17) is 0 Å². The zero-order valence-electron chi connectivity index (χ0n) is 10.8. The monoisotopic (exact) mass is 283 g/mol. The predicted octanol–water partition coefficient (Wildman–Crippen LogP) is 3.54. The Morgan fingerprint density at radius 2 is 1.89 bits per heavy atom. The summed E-state index contributed by atoms with van der Waals surface area (Å²) in [5.74, 6) is -1.21. The molecule has 6 heteroatoms. The maximum Gasteiger partial charge on any atom is 0.148 e. The molecule has 0 amide bonds. The van der Waals surface area contributed by atoms with Crippen LogP contribution in [-0.2, 0) is 0 Å². The first-order valence-corrected chi connectivity index (χ1v) is 6.95. The minimum absolute atomic E-state index is 0.0876. The molecule has 1 aromatic carbocycles. The average Bonchev–Trinajstić information content (AvgIpc) is 2.84. The molecule has 0 saturated carbocycles. The number of aromatic nitrogens is 2. The summed E-state index contributed by atoms with van der Waals surface area (Å²) in [6, 6.07) is 3.45. The predicted molar refractivity (Wildman–Crippen MR) is 72.0 cm³/mol. The first-order chi connectivity index (χ1) is 9.10. The smallest absolute Gasteiger partial charge is 0.148 e. The van der Waals surface area contributed by atoms with Gasteiger partial charge in [0.05, 0.1) is 6.04 Å². The normalized spacial score (nSPS) is 12.6. The van der Waals surface area contributed by atoms with Gasteiger partial charge >= 0.3 is 0 Å². The molecule has 0 aliphatic carbocycles. The first kappa shape index (κ1) is 14.0. The van der Waals surface area contributed by atoms with E-state index in [9.17, 15) is 8.78 Å². The van der Waals surface area contributed by atoms with E-state index >= 15 is 0 Å². The summed E-state index contributed by atoms with van der Waals surface area (Å²) in [6.07, 6.45) is 1.03. The van der Waals surface area contributed by atoms with E-state index < -0.39 is 11.6 Å². The Morgan fingerprint density at radius 3 is 2.53 bits per heavy atom. The van der Waals surface area contributed by atoms with Crippen LogP contribution in [0.3, 0.4) is 0 Å². The summed E-state index contributed by atoms with van der Waals surface area (Å²) >= 11 is 1.34. The van der Waals surface area contributed by atoms with Crippen molar-refractivity contribution < 1.29 is 8.78 Å². The standard InChI is InChI=1S/C13H15F2N3S/c1-3-4-16-8(2)12-17-18-13(19-12)9-5-10(14)7-11(15)6-9/h5-8,16H,3-4H2,1-2H3. The molecule has 0 aliphatic rings. The van der Waals surface area contributed by atoms with Crippen LogP contribution >= 0.6 is 11.3 Å². The number of hydrogen-bond acceptors (Lipinski definition) is 4. The Morgan fingerprint density at radius 1 is 1.21 bits per heavy atom. The summed E-state index contributed by atoms with van der Waals surface area (Å²) in [5, 5.41) is 12.7. The van der Waals surface area contributed by atoms with Gasteiger partial charge in [-0.3, -0.25) is 0 Å². The van der Waals surface area contributed by atoms with Crippen LogP contribution in [0.25, 0.3) is 10.6 Å². The van der Waals surface area contributed by atoms with Gasteiger partial charge in [-0.25, -0.2) is 8.78 Å². The van der Waals surface area contributed by atoms with Crippen molar-refractivity contribution in [3.63, 3.8) is 0 Å². The summed E-state index contributed by atoms with van der Waals surface area (Å²) < 4.78 is 26.3. The van der Waals surface area contributed by atoms with Crippen molar-refractivity contribution in [1.82, 2.24) is 15.5 Å². The number of rotatable bonds is 5. The maximum absolute atomic E-state index is 13.1. The lowest BCUT2D eigenvalue weighted by Crippen LogP contribution is -2.18. The Kier molecular flexibility index (Phi) is 4.55. The first-order valence-electron chi connectivity index (χ1n) is 6.13. The average molecular weight is 283 g/mol. The van der Waals surface area contributed by atoms with Crippen molar-refractivity contribution in [2.24, 2.45) is 0 Å². The molecule has 102 valence electrons. The minimum Gasteiger partial charge on any atom is -0.308 e. The van der Waals surface area contributed by atoms with Crippen molar-refractivity contribution in [2.45, 2.75) is 26.3 Å². The molecule has 0 fully saturated rings. The topological polar surface area (TPSA) is 37.8 Å². The highest BCUT2D eigenvalue weighted by Gasteiger charge is 2.13. The van der Waals surface area contributed by atoms with Gasteiger partial charge in [0, 0.05) is 11.6 Å². The van der Waals surface area contributed by atoms with Crippen LogP contribution in [0.5, 0.6) is 0 Å². The third kappa shape index (κ3) is 3.54. The van der Waals surface area contributed by atoms with Crippen LogP contribution in [0.15, 0.2) is 18.2 Å². The SMILES string of the molecule is CCCNC(C)c1nnc(-c2cc(F)cc(F)c2)s1. The van der Waals surface area contributed by atoms with Gasteiger partial charge in [-0.2, -0.15) is 0 Å². The second-order valence-corrected chi connectivity index (χ2v) is 5.29. The van der Waals surface area contributed by atoms with E-state index in [0.29, 0.717) is 10.6 Å². The number of nitrogens with zero attached hydrogens (tertiary/aromatic N) is 2. The van der Waals surface area contributed by atoms with E-state index in [1.807, 2.05) is 6.92 Å². The van der Waals surface area contributed by atoms with Gasteiger partial charge in [0.15, 0.2) is 0 Å². The number of hydrogen-bond donors (Lipinski definition) is 1. The van der Waals surface area contributed by atoms with E-state index in [1.165, 1.54) is 23.5 Å². The third-order valence-corrected chi connectivity index (χ3v) is 3.78. The van der Waals surface area contributed by atoms with Gasteiger partial charge in [-0.15, -0.1) is 10.2 Å². The molecule has 0 spiro atoms. The summed E-state index contributed by atoms with van der Waals surface area (Å²) in [4.78, 5) is 0. The lowest BCUT2D eigenvalue weighted by Gasteiger charge is -2.08. The van der Waals surface area contributed by atoms with Crippen molar-refractivity contribution in [1.29, 1.82) is 0 Å². The van der Waals surface area contributed by atoms with E-state index in [1.54, 1.807) is 0 Å². The number of nitrogens with one attached hydrogen (secondary N) is 1. The molecule has 0 bridgehead atoms. The van der Waals surface area contributed by atoms with Crippen molar-refractivity contribution in [2.75, 3.05) is 6.54 Å². The van der Waals surface area contributed by atoms with Crippen LogP contribution in [0.1, 0.15) is 31.3 Å². The zero-order chi connectivity index (χ0) is 13.8. The van der Waals surface area contributed by atoms with Gasteiger partial charge in [0.25, 0.3) is 0 Å². The molecular weight excluding hydrogens is 268 g/mol. The molecule has 0 radical (unpaired) electrons. The molecular formula is C13H15F2N3S. The lowest BCUT2D eigenvalue weighted by molar-refractivity contribution is 0.564. The molecule has 1 atom stereocenters. The van der Waals surface area contributed by atoms with Crippen LogP contribution in [0.2, 0.25) is 0 Å². The molecule has 1 unspecified atom stereocenters. The van der Waals surface area contributed by atoms with Gasteiger partial charge in [-0.05, 0) is 32.0 Å². The third-order valence-electron chi connectivity index (χ3n) is 2.62. The fourth-order valence-electron chi connectivity index (χ4n) is 1.65. The lowest BCUT2D eigenvalue weighted by atomic mass is 10.2. The van der Waals surface area contributed by atoms with Crippen molar-refractivity contribution in [3.05, 3.63) is 34.8 Å². The van der Waals surface area contributed by atoms with Gasteiger partial charge in [0.2, 0.25) is 0 Å². The van der Waals surface area contributed by atoms with Gasteiger partial charge in [-0.1, -0.05) is 18.3 Å². The van der Waals surface area contributed by atoms with E-state index in [2.05, 4.69) is 22.4 Å². The van der Waals surface area contributed by atoms with Gasteiger partial charge in [0.1, 0.15) is 21.6 Å². The van der Waals surface area contributed by atoms with Gasteiger partial charge < -0.3 is 5.32 Å². The number of benzene rings is 1. The van der Waals surface area contributed by atoms with Crippen molar-refractivity contribution >= 4 is 11.3 Å². The Bertz CT molecular complexity index is 536. The summed E-state index contributed by atoms with van der Waals surface area (Å²) in [5.41, 5.74) is 0.420. The Balaban J connectivity index is 2.20. The van der Waals surface area contributed by atoms with Crippen LogP contribution < -0.4 is 5.32 Å². The molecule has 1 N–H and O–H groups in total. The Labute approximate surface area is 114 Å².